The van der Waals surface area contributed by atoms with Crippen LogP contribution in [0.15, 0.2) is 30.3 Å². The summed E-state index contributed by atoms with van der Waals surface area (Å²) in [5.41, 5.74) is 0.576. The van der Waals surface area contributed by atoms with E-state index in [1.165, 1.54) is 6.92 Å². The number of hydrogen-bond donors (Lipinski definition) is 2. The molecule has 2 atom stereocenters. The van der Waals surface area contributed by atoms with E-state index in [9.17, 15) is 14.4 Å². The Hall–Kier alpha value is -2.17. The normalized spacial score (nSPS) is 13.3. The summed E-state index contributed by atoms with van der Waals surface area (Å²) < 4.78 is 0. The first-order chi connectivity index (χ1) is 9.41. The number of aliphatic carboxylic acids is 1. The van der Waals surface area contributed by atoms with Gasteiger partial charge in [-0.25, -0.2) is 0 Å². The molecule has 20 heavy (non-hydrogen) atoms. The van der Waals surface area contributed by atoms with Crippen LogP contribution in [-0.4, -0.2) is 28.8 Å². The van der Waals surface area contributed by atoms with Crippen LogP contribution in [0.4, 0.5) is 0 Å². The molecule has 0 saturated heterocycles. The smallest absolute Gasteiger partial charge is 0.308 e. The van der Waals surface area contributed by atoms with E-state index < -0.39 is 17.9 Å². The fourth-order valence-electron chi connectivity index (χ4n) is 1.66. The van der Waals surface area contributed by atoms with E-state index in [0.29, 0.717) is 5.56 Å². The van der Waals surface area contributed by atoms with E-state index in [4.69, 9.17) is 5.11 Å². The molecule has 1 aromatic rings. The van der Waals surface area contributed by atoms with Gasteiger partial charge in [-0.2, -0.15) is 0 Å². The third-order valence-electron chi connectivity index (χ3n) is 3.20. The van der Waals surface area contributed by atoms with Gasteiger partial charge < -0.3 is 10.4 Å². The predicted octanol–water partition coefficient (Wildman–Crippen LogP) is 1.87. The van der Waals surface area contributed by atoms with E-state index in [2.05, 4.69) is 5.32 Å². The van der Waals surface area contributed by atoms with Crippen molar-refractivity contribution in [3.63, 3.8) is 0 Å². The molecule has 0 fully saturated rings. The van der Waals surface area contributed by atoms with Crippen molar-refractivity contribution in [2.45, 2.75) is 32.7 Å². The summed E-state index contributed by atoms with van der Waals surface area (Å²) in [6.07, 6.45) is 0.175. The van der Waals surface area contributed by atoms with Crippen LogP contribution in [-0.2, 0) is 9.59 Å². The third-order valence-corrected chi connectivity index (χ3v) is 3.20. The highest BCUT2D eigenvalue weighted by Gasteiger charge is 2.21. The fraction of sp³-hybridized carbons (Fsp3) is 0.400. The monoisotopic (exact) mass is 277 g/mol. The first-order valence-corrected chi connectivity index (χ1v) is 6.52. The minimum Gasteiger partial charge on any atom is -0.481 e. The average molecular weight is 277 g/mol. The number of carbonyl (C=O) groups excluding carboxylic acids is 2. The van der Waals surface area contributed by atoms with Crippen LogP contribution in [0, 0.1) is 5.92 Å². The molecule has 0 bridgehead atoms. The highest BCUT2D eigenvalue weighted by atomic mass is 16.4. The molecule has 2 N–H and O–H groups in total. The number of nitrogens with one attached hydrogen (secondary N) is 1. The van der Waals surface area contributed by atoms with Gasteiger partial charge in [-0.3, -0.25) is 14.4 Å². The molecule has 5 nitrogen and oxygen atoms in total. The van der Waals surface area contributed by atoms with E-state index in [0.717, 1.165) is 0 Å². The fourth-order valence-corrected chi connectivity index (χ4v) is 1.66. The second-order valence-corrected chi connectivity index (χ2v) is 4.77. The lowest BCUT2D eigenvalue weighted by atomic mass is 10.0. The molecule has 0 spiro atoms. The van der Waals surface area contributed by atoms with Crippen molar-refractivity contribution in [3.8, 4) is 0 Å². The largest absolute Gasteiger partial charge is 0.481 e. The summed E-state index contributed by atoms with van der Waals surface area (Å²) >= 11 is 0. The van der Waals surface area contributed by atoms with E-state index in [1.54, 1.807) is 31.2 Å². The summed E-state index contributed by atoms with van der Waals surface area (Å²) in [4.78, 5) is 34.2. The first kappa shape index (κ1) is 15.9. The number of carbonyl (C=O) groups is 3. The van der Waals surface area contributed by atoms with E-state index >= 15 is 0 Å². The molecule has 0 saturated carbocycles. The summed E-state index contributed by atoms with van der Waals surface area (Å²) in [6, 6.07) is 8.30. The minimum absolute atomic E-state index is 0.0599. The highest BCUT2D eigenvalue weighted by molar-refractivity contribution is 5.97. The first-order valence-electron chi connectivity index (χ1n) is 6.52. The van der Waals surface area contributed by atoms with Crippen LogP contribution in [0.2, 0.25) is 0 Å². The van der Waals surface area contributed by atoms with Crippen LogP contribution in [0.25, 0.3) is 0 Å². The third kappa shape index (κ3) is 4.84. The maximum absolute atomic E-state index is 11.8. The molecule has 0 radical (unpaired) electrons. The Morgan fingerprint density at radius 2 is 1.70 bits per heavy atom. The number of hydrogen-bond acceptors (Lipinski definition) is 3. The molecule has 5 heteroatoms. The highest BCUT2D eigenvalue weighted by Crippen LogP contribution is 2.06. The molecule has 1 rings (SSSR count). The SMILES string of the molecule is CC(NC(=O)CCC(=O)c1ccccc1)C(C)C(=O)O. The maximum Gasteiger partial charge on any atom is 0.308 e. The van der Waals surface area contributed by atoms with Gasteiger partial charge in [0.25, 0.3) is 0 Å². The zero-order valence-electron chi connectivity index (χ0n) is 11.6. The van der Waals surface area contributed by atoms with Gasteiger partial charge in [0, 0.05) is 24.4 Å². The summed E-state index contributed by atoms with van der Waals surface area (Å²) in [6.45, 7) is 3.16. The number of ketones is 1. The van der Waals surface area contributed by atoms with Gasteiger partial charge in [0.05, 0.1) is 5.92 Å². The van der Waals surface area contributed by atoms with Crippen molar-refractivity contribution in [3.05, 3.63) is 35.9 Å². The van der Waals surface area contributed by atoms with Gasteiger partial charge in [0.2, 0.25) is 5.91 Å². The molecule has 0 aromatic heterocycles. The second kappa shape index (κ2) is 7.43. The van der Waals surface area contributed by atoms with Crippen LogP contribution >= 0.6 is 0 Å². The zero-order valence-corrected chi connectivity index (χ0v) is 11.6. The molecule has 1 aromatic carbocycles. The number of amides is 1. The van der Waals surface area contributed by atoms with Crippen LogP contribution < -0.4 is 5.32 Å². The number of carboxylic acid groups (broad SMARTS) is 1. The molecule has 0 aliphatic rings. The van der Waals surface area contributed by atoms with Gasteiger partial charge in [-0.05, 0) is 13.8 Å². The molecular formula is C15H19NO4. The zero-order chi connectivity index (χ0) is 15.1. The second-order valence-electron chi connectivity index (χ2n) is 4.77. The molecule has 0 aliphatic heterocycles. The van der Waals surface area contributed by atoms with Crippen molar-refractivity contribution in [1.82, 2.24) is 5.32 Å². The lowest BCUT2D eigenvalue weighted by Crippen LogP contribution is -2.40. The van der Waals surface area contributed by atoms with Crippen molar-refractivity contribution in [1.29, 1.82) is 0 Å². The maximum atomic E-state index is 11.8. The Morgan fingerprint density at radius 3 is 2.25 bits per heavy atom. The van der Waals surface area contributed by atoms with Crippen molar-refractivity contribution in [2.75, 3.05) is 0 Å². The van der Waals surface area contributed by atoms with Crippen LogP contribution in [0.1, 0.15) is 37.0 Å². The number of rotatable bonds is 7. The molecular weight excluding hydrogens is 258 g/mol. The lowest BCUT2D eigenvalue weighted by Gasteiger charge is -2.17. The Balaban J connectivity index is 2.40. The number of carboxylic acids is 1. The van der Waals surface area contributed by atoms with Gasteiger partial charge >= 0.3 is 5.97 Å². The van der Waals surface area contributed by atoms with Gasteiger partial charge in [-0.15, -0.1) is 0 Å². The van der Waals surface area contributed by atoms with Crippen molar-refractivity contribution >= 4 is 17.7 Å². The van der Waals surface area contributed by atoms with Crippen molar-refractivity contribution < 1.29 is 19.5 Å². The molecule has 0 aliphatic carbocycles. The van der Waals surface area contributed by atoms with Gasteiger partial charge in [-0.1, -0.05) is 30.3 Å². The Morgan fingerprint density at radius 1 is 1.10 bits per heavy atom. The molecule has 108 valence electrons. The van der Waals surface area contributed by atoms with Crippen molar-refractivity contribution in [2.24, 2.45) is 5.92 Å². The standard InChI is InChI=1S/C15H19NO4/c1-10(15(19)20)11(2)16-14(18)9-8-13(17)12-6-4-3-5-7-12/h3-7,10-11H,8-9H2,1-2H3,(H,16,18)(H,19,20). The number of benzene rings is 1. The van der Waals surface area contributed by atoms with E-state index in [-0.39, 0.29) is 24.5 Å². The Kier molecular flexibility index (Phi) is 5.90. The quantitative estimate of drug-likeness (QED) is 0.745. The lowest BCUT2D eigenvalue weighted by molar-refractivity contribution is -0.142. The minimum atomic E-state index is -0.960. The van der Waals surface area contributed by atoms with Gasteiger partial charge in [0.1, 0.15) is 0 Å². The average Bonchev–Trinajstić information content (AvgIpc) is 2.44. The topological polar surface area (TPSA) is 83.5 Å². The summed E-state index contributed by atoms with van der Waals surface area (Å²) in [7, 11) is 0. The summed E-state index contributed by atoms with van der Waals surface area (Å²) in [5.74, 6) is -2.03. The number of Topliss-reactive ketones (excluding diaryl/α,β-unsaturated/α-hetero) is 1. The van der Waals surface area contributed by atoms with Gasteiger partial charge in [0.15, 0.2) is 5.78 Å². The molecule has 2 unspecified atom stereocenters. The van der Waals surface area contributed by atoms with Crippen LogP contribution in [0.3, 0.4) is 0 Å². The molecule has 1 amide bonds. The molecule has 0 heterocycles. The Labute approximate surface area is 118 Å². The van der Waals surface area contributed by atoms with Crippen LogP contribution in [0.5, 0.6) is 0 Å². The van der Waals surface area contributed by atoms with E-state index in [1.807, 2.05) is 6.07 Å². The predicted molar refractivity (Wildman–Crippen MR) is 74.4 cm³/mol. The Bertz CT molecular complexity index is 484. The summed E-state index contributed by atoms with van der Waals surface area (Å²) in [5, 5.41) is 11.4.